The van der Waals surface area contributed by atoms with Crippen LogP contribution in [0.4, 0.5) is 0 Å². The summed E-state index contributed by atoms with van der Waals surface area (Å²) in [6.07, 6.45) is 0.767. The Labute approximate surface area is 125 Å². The molecule has 2 aromatic carbocycles. The molecule has 98 valence electrons. The van der Waals surface area contributed by atoms with E-state index in [0.717, 1.165) is 21.5 Å². The zero-order valence-corrected chi connectivity index (χ0v) is 12.5. The van der Waals surface area contributed by atoms with E-state index in [1.807, 2.05) is 36.4 Å². The van der Waals surface area contributed by atoms with E-state index in [1.54, 1.807) is 12.1 Å². The Morgan fingerprint density at radius 1 is 1.16 bits per heavy atom. The number of halogens is 2. The lowest BCUT2D eigenvalue weighted by Gasteiger charge is -2.06. The standard InChI is InChI=1S/C15H13BrClNO/c16-13-6-4-12(5-7-13)15(19)18-9-8-11-2-1-3-14(17)10-11/h1-7,10H,8-9H2,(H,18,19). The largest absolute Gasteiger partial charge is 0.352 e. The van der Waals surface area contributed by atoms with Crippen LogP contribution >= 0.6 is 27.5 Å². The summed E-state index contributed by atoms with van der Waals surface area (Å²) < 4.78 is 0.961. The number of rotatable bonds is 4. The molecule has 1 N–H and O–H groups in total. The van der Waals surface area contributed by atoms with Crippen LogP contribution in [0.1, 0.15) is 15.9 Å². The average Bonchev–Trinajstić information content (AvgIpc) is 2.39. The zero-order valence-electron chi connectivity index (χ0n) is 10.2. The lowest BCUT2D eigenvalue weighted by molar-refractivity contribution is 0.0954. The number of hydrogen-bond donors (Lipinski definition) is 1. The average molecular weight is 339 g/mol. The Bertz CT molecular complexity index is 569. The Hall–Kier alpha value is -1.32. The monoisotopic (exact) mass is 337 g/mol. The van der Waals surface area contributed by atoms with Crippen molar-refractivity contribution >= 4 is 33.4 Å². The Kier molecular flexibility index (Phi) is 5.00. The second-order valence-electron chi connectivity index (χ2n) is 4.14. The lowest BCUT2D eigenvalue weighted by Crippen LogP contribution is -2.25. The molecular weight excluding hydrogens is 326 g/mol. The minimum absolute atomic E-state index is 0.0606. The quantitative estimate of drug-likeness (QED) is 0.894. The van der Waals surface area contributed by atoms with Gasteiger partial charge in [-0.25, -0.2) is 0 Å². The fraction of sp³-hybridized carbons (Fsp3) is 0.133. The van der Waals surface area contributed by atoms with E-state index in [-0.39, 0.29) is 5.91 Å². The third-order valence-electron chi connectivity index (χ3n) is 2.69. The van der Waals surface area contributed by atoms with Crippen LogP contribution in [-0.4, -0.2) is 12.5 Å². The highest BCUT2D eigenvalue weighted by molar-refractivity contribution is 9.10. The molecule has 2 rings (SSSR count). The lowest BCUT2D eigenvalue weighted by atomic mass is 10.1. The van der Waals surface area contributed by atoms with Crippen molar-refractivity contribution in [1.29, 1.82) is 0 Å². The van der Waals surface area contributed by atoms with Gasteiger partial charge in [0, 0.05) is 21.6 Å². The molecule has 0 heterocycles. The first-order valence-corrected chi connectivity index (χ1v) is 7.10. The van der Waals surface area contributed by atoms with E-state index in [9.17, 15) is 4.79 Å². The molecule has 19 heavy (non-hydrogen) atoms. The predicted molar refractivity (Wildman–Crippen MR) is 81.6 cm³/mol. The molecule has 0 spiro atoms. The van der Waals surface area contributed by atoms with Gasteiger partial charge in [0.25, 0.3) is 5.91 Å². The highest BCUT2D eigenvalue weighted by Crippen LogP contribution is 2.12. The minimum Gasteiger partial charge on any atom is -0.352 e. The highest BCUT2D eigenvalue weighted by atomic mass is 79.9. The molecule has 0 fully saturated rings. The number of hydrogen-bond acceptors (Lipinski definition) is 1. The Balaban J connectivity index is 1.86. The maximum Gasteiger partial charge on any atom is 0.251 e. The van der Waals surface area contributed by atoms with E-state index in [1.165, 1.54) is 0 Å². The molecule has 0 unspecified atom stereocenters. The molecule has 1 amide bonds. The van der Waals surface area contributed by atoms with Crippen molar-refractivity contribution in [2.45, 2.75) is 6.42 Å². The van der Waals surface area contributed by atoms with Gasteiger partial charge >= 0.3 is 0 Å². The van der Waals surface area contributed by atoms with E-state index in [0.29, 0.717) is 12.1 Å². The fourth-order valence-electron chi connectivity index (χ4n) is 1.72. The van der Waals surface area contributed by atoms with Gasteiger partial charge in [-0.1, -0.05) is 39.7 Å². The Morgan fingerprint density at radius 3 is 2.58 bits per heavy atom. The van der Waals surface area contributed by atoms with Crippen molar-refractivity contribution in [3.8, 4) is 0 Å². The first kappa shape index (κ1) is 14.1. The summed E-state index contributed by atoms with van der Waals surface area (Å²) in [5, 5.41) is 3.61. The molecule has 2 nitrogen and oxygen atoms in total. The number of carbonyl (C=O) groups excluding carboxylic acids is 1. The number of benzene rings is 2. The summed E-state index contributed by atoms with van der Waals surface area (Å²) in [4.78, 5) is 11.9. The van der Waals surface area contributed by atoms with Gasteiger partial charge in [-0.15, -0.1) is 0 Å². The minimum atomic E-state index is -0.0606. The molecular formula is C15H13BrClNO. The molecule has 4 heteroatoms. The van der Waals surface area contributed by atoms with E-state index < -0.39 is 0 Å². The van der Waals surface area contributed by atoms with E-state index in [4.69, 9.17) is 11.6 Å². The van der Waals surface area contributed by atoms with Crippen LogP contribution < -0.4 is 5.32 Å². The number of amides is 1. The first-order chi connectivity index (χ1) is 9.15. The Morgan fingerprint density at radius 2 is 1.89 bits per heavy atom. The van der Waals surface area contributed by atoms with Crippen LogP contribution in [0.3, 0.4) is 0 Å². The first-order valence-electron chi connectivity index (χ1n) is 5.93. The van der Waals surface area contributed by atoms with E-state index >= 15 is 0 Å². The molecule has 0 atom stereocenters. The summed E-state index contributed by atoms with van der Waals surface area (Å²) in [7, 11) is 0. The smallest absolute Gasteiger partial charge is 0.251 e. The summed E-state index contributed by atoms with van der Waals surface area (Å²) in [6.45, 7) is 0.592. The topological polar surface area (TPSA) is 29.1 Å². The van der Waals surface area contributed by atoms with Crippen LogP contribution in [0.15, 0.2) is 53.0 Å². The highest BCUT2D eigenvalue weighted by Gasteiger charge is 2.04. The van der Waals surface area contributed by atoms with Gasteiger partial charge in [-0.3, -0.25) is 4.79 Å². The van der Waals surface area contributed by atoms with Gasteiger partial charge < -0.3 is 5.32 Å². The molecule has 0 aliphatic rings. The number of nitrogens with one attached hydrogen (secondary N) is 1. The molecule has 0 aliphatic heterocycles. The van der Waals surface area contributed by atoms with Gasteiger partial charge in [0.1, 0.15) is 0 Å². The normalized spacial score (nSPS) is 10.2. The van der Waals surface area contributed by atoms with Crippen molar-refractivity contribution in [3.05, 3.63) is 69.2 Å². The SMILES string of the molecule is O=C(NCCc1cccc(Cl)c1)c1ccc(Br)cc1. The third-order valence-corrected chi connectivity index (χ3v) is 3.46. The van der Waals surface area contributed by atoms with Gasteiger partial charge in [-0.2, -0.15) is 0 Å². The van der Waals surface area contributed by atoms with Gasteiger partial charge in [0.2, 0.25) is 0 Å². The molecule has 0 aliphatic carbocycles. The molecule has 2 aromatic rings. The molecule has 0 saturated carbocycles. The van der Waals surface area contributed by atoms with Gasteiger partial charge in [-0.05, 0) is 48.4 Å². The molecule has 0 aromatic heterocycles. The maximum atomic E-state index is 11.9. The number of carbonyl (C=O) groups is 1. The molecule has 0 radical (unpaired) electrons. The second-order valence-corrected chi connectivity index (χ2v) is 5.49. The summed E-state index contributed by atoms with van der Waals surface area (Å²) >= 11 is 9.25. The van der Waals surface area contributed by atoms with Crippen molar-refractivity contribution in [1.82, 2.24) is 5.32 Å². The third kappa shape index (κ3) is 4.37. The summed E-state index contributed by atoms with van der Waals surface area (Å²) in [6, 6.07) is 14.9. The molecule has 0 saturated heterocycles. The van der Waals surface area contributed by atoms with Gasteiger partial charge in [0.05, 0.1) is 0 Å². The summed E-state index contributed by atoms with van der Waals surface area (Å²) in [5.74, 6) is -0.0606. The van der Waals surface area contributed by atoms with E-state index in [2.05, 4.69) is 21.2 Å². The van der Waals surface area contributed by atoms with Crippen LogP contribution in [0.2, 0.25) is 5.02 Å². The van der Waals surface area contributed by atoms with Crippen molar-refractivity contribution in [3.63, 3.8) is 0 Å². The fourth-order valence-corrected chi connectivity index (χ4v) is 2.19. The van der Waals surface area contributed by atoms with Crippen LogP contribution in [0, 0.1) is 0 Å². The van der Waals surface area contributed by atoms with Crippen molar-refractivity contribution in [2.75, 3.05) is 6.54 Å². The van der Waals surface area contributed by atoms with Crippen LogP contribution in [-0.2, 0) is 6.42 Å². The van der Waals surface area contributed by atoms with Crippen molar-refractivity contribution in [2.24, 2.45) is 0 Å². The maximum absolute atomic E-state index is 11.9. The van der Waals surface area contributed by atoms with Gasteiger partial charge in [0.15, 0.2) is 0 Å². The zero-order chi connectivity index (χ0) is 13.7. The molecule has 0 bridgehead atoms. The predicted octanol–water partition coefficient (Wildman–Crippen LogP) is 4.08. The van der Waals surface area contributed by atoms with Crippen LogP contribution in [0.5, 0.6) is 0 Å². The summed E-state index contributed by atoms with van der Waals surface area (Å²) in [5.41, 5.74) is 1.78. The second kappa shape index (κ2) is 6.73. The van der Waals surface area contributed by atoms with Crippen molar-refractivity contribution < 1.29 is 4.79 Å². The van der Waals surface area contributed by atoms with Crippen LogP contribution in [0.25, 0.3) is 0 Å².